The number of amides is 1. The zero-order valence-corrected chi connectivity index (χ0v) is 12.4. The van der Waals surface area contributed by atoms with Crippen LogP contribution in [0.5, 0.6) is 5.75 Å². The molecule has 98 valence electrons. The highest BCUT2D eigenvalue weighted by atomic mass is 79.9. The van der Waals surface area contributed by atoms with E-state index in [4.69, 9.17) is 11.6 Å². The predicted octanol–water partition coefficient (Wildman–Crippen LogP) is 4.37. The number of hydrogen-bond donors (Lipinski definition) is 2. The van der Waals surface area contributed by atoms with E-state index in [0.717, 1.165) is 5.56 Å². The Morgan fingerprint density at radius 3 is 2.74 bits per heavy atom. The second-order valence-electron chi connectivity index (χ2n) is 4.05. The lowest BCUT2D eigenvalue weighted by molar-refractivity contribution is 0.102. The van der Waals surface area contributed by atoms with Gasteiger partial charge in [0.2, 0.25) is 0 Å². The summed E-state index contributed by atoms with van der Waals surface area (Å²) in [6.07, 6.45) is 0. The molecule has 19 heavy (non-hydrogen) atoms. The molecule has 0 aliphatic heterocycles. The maximum absolute atomic E-state index is 12.2. The molecule has 2 N–H and O–H groups in total. The van der Waals surface area contributed by atoms with Crippen LogP contribution in [-0.4, -0.2) is 11.0 Å². The van der Waals surface area contributed by atoms with Crippen molar-refractivity contribution < 1.29 is 9.90 Å². The number of aromatic hydroxyl groups is 1. The van der Waals surface area contributed by atoms with Gasteiger partial charge in [-0.1, -0.05) is 23.7 Å². The lowest BCUT2D eigenvalue weighted by Crippen LogP contribution is -2.13. The smallest absolute Gasteiger partial charge is 0.256 e. The molecule has 0 aliphatic rings. The molecule has 0 aliphatic carbocycles. The van der Waals surface area contributed by atoms with Crippen LogP contribution in [0.25, 0.3) is 0 Å². The van der Waals surface area contributed by atoms with E-state index in [2.05, 4.69) is 21.2 Å². The van der Waals surface area contributed by atoms with Crippen molar-refractivity contribution >= 4 is 39.1 Å². The molecular weight excluding hydrogens is 330 g/mol. The molecule has 0 atom stereocenters. The van der Waals surface area contributed by atoms with Gasteiger partial charge in [0.25, 0.3) is 5.91 Å². The fourth-order valence-electron chi connectivity index (χ4n) is 1.67. The number of halogens is 2. The third kappa shape index (κ3) is 3.08. The highest BCUT2D eigenvalue weighted by Crippen LogP contribution is 2.28. The fraction of sp³-hybridized carbons (Fsp3) is 0.0714. The summed E-state index contributed by atoms with van der Waals surface area (Å²) in [6.45, 7) is 1.81. The van der Waals surface area contributed by atoms with Gasteiger partial charge in [-0.15, -0.1) is 0 Å². The van der Waals surface area contributed by atoms with Crippen LogP contribution >= 0.6 is 27.5 Å². The monoisotopic (exact) mass is 339 g/mol. The van der Waals surface area contributed by atoms with Gasteiger partial charge >= 0.3 is 0 Å². The van der Waals surface area contributed by atoms with Crippen LogP contribution in [0, 0.1) is 6.92 Å². The normalized spacial score (nSPS) is 10.3. The number of carbonyl (C=O) groups is 1. The Bertz CT molecular complexity index is 623. The minimum atomic E-state index is -0.334. The molecule has 0 saturated carbocycles. The Kier molecular flexibility index (Phi) is 4.12. The molecule has 0 unspecified atom stereocenters. The van der Waals surface area contributed by atoms with Gasteiger partial charge in [-0.25, -0.2) is 0 Å². The minimum absolute atomic E-state index is 0.0338. The van der Waals surface area contributed by atoms with Crippen LogP contribution < -0.4 is 5.32 Å². The van der Waals surface area contributed by atoms with Crippen LogP contribution in [0.1, 0.15) is 15.9 Å². The number of para-hydroxylation sites is 1. The Morgan fingerprint density at radius 1 is 1.32 bits per heavy atom. The molecule has 0 radical (unpaired) electrons. The van der Waals surface area contributed by atoms with Crippen LogP contribution in [0.15, 0.2) is 40.9 Å². The van der Waals surface area contributed by atoms with Crippen molar-refractivity contribution in [1.82, 2.24) is 0 Å². The van der Waals surface area contributed by atoms with Crippen molar-refractivity contribution in [2.24, 2.45) is 0 Å². The SMILES string of the molecule is Cc1cccc(O)c1NC(=O)c1cc(Cl)ccc1Br. The maximum atomic E-state index is 12.2. The number of carbonyl (C=O) groups excluding carboxylic acids is 1. The summed E-state index contributed by atoms with van der Waals surface area (Å²) in [5, 5.41) is 12.9. The van der Waals surface area contributed by atoms with Crippen molar-refractivity contribution in [3.63, 3.8) is 0 Å². The zero-order chi connectivity index (χ0) is 14.0. The first-order chi connectivity index (χ1) is 8.99. The van der Waals surface area contributed by atoms with E-state index in [1.54, 1.807) is 24.3 Å². The highest BCUT2D eigenvalue weighted by Gasteiger charge is 2.14. The Balaban J connectivity index is 2.34. The Hall–Kier alpha value is -1.52. The molecule has 0 aromatic heterocycles. The first kappa shape index (κ1) is 13.9. The number of phenols is 1. The number of hydrogen-bond acceptors (Lipinski definition) is 2. The third-order valence-electron chi connectivity index (χ3n) is 2.66. The van der Waals surface area contributed by atoms with Crippen molar-refractivity contribution in [2.45, 2.75) is 6.92 Å². The average Bonchev–Trinajstić information content (AvgIpc) is 2.37. The summed E-state index contributed by atoms with van der Waals surface area (Å²) in [4.78, 5) is 12.2. The van der Waals surface area contributed by atoms with Gasteiger partial charge in [0.05, 0.1) is 11.3 Å². The molecule has 2 rings (SSSR count). The second-order valence-corrected chi connectivity index (χ2v) is 5.34. The minimum Gasteiger partial charge on any atom is -0.506 e. The fourth-order valence-corrected chi connectivity index (χ4v) is 2.27. The summed E-state index contributed by atoms with van der Waals surface area (Å²) < 4.78 is 0.641. The molecule has 3 nitrogen and oxygen atoms in total. The van der Waals surface area contributed by atoms with Gasteiger partial charge in [-0.3, -0.25) is 4.79 Å². The van der Waals surface area contributed by atoms with E-state index >= 15 is 0 Å². The summed E-state index contributed by atoms with van der Waals surface area (Å²) in [5.41, 5.74) is 1.60. The third-order valence-corrected chi connectivity index (χ3v) is 3.59. The second kappa shape index (κ2) is 5.63. The number of rotatable bonds is 2. The van der Waals surface area contributed by atoms with Crippen LogP contribution in [0.3, 0.4) is 0 Å². The van der Waals surface area contributed by atoms with E-state index in [1.807, 2.05) is 13.0 Å². The summed E-state index contributed by atoms with van der Waals surface area (Å²) in [5.74, 6) is -0.300. The van der Waals surface area contributed by atoms with Crippen LogP contribution in [0.4, 0.5) is 5.69 Å². The van der Waals surface area contributed by atoms with Crippen LogP contribution in [0.2, 0.25) is 5.02 Å². The van der Waals surface area contributed by atoms with E-state index in [-0.39, 0.29) is 11.7 Å². The zero-order valence-electron chi connectivity index (χ0n) is 10.1. The summed E-state index contributed by atoms with van der Waals surface area (Å²) in [6, 6.07) is 10.0. The van der Waals surface area contributed by atoms with E-state index in [1.165, 1.54) is 6.07 Å². The number of phenolic OH excluding ortho intramolecular Hbond substituents is 1. The first-order valence-electron chi connectivity index (χ1n) is 5.54. The Labute approximate surface area is 124 Å². The number of nitrogens with one attached hydrogen (secondary N) is 1. The quantitative estimate of drug-likeness (QED) is 0.798. The number of benzene rings is 2. The molecule has 0 spiro atoms. The number of anilines is 1. The summed E-state index contributed by atoms with van der Waals surface area (Å²) >= 11 is 9.18. The van der Waals surface area contributed by atoms with E-state index < -0.39 is 0 Å². The topological polar surface area (TPSA) is 49.3 Å². The van der Waals surface area contributed by atoms with Crippen molar-refractivity contribution in [3.05, 3.63) is 57.0 Å². The van der Waals surface area contributed by atoms with Gasteiger partial charge in [-0.2, -0.15) is 0 Å². The summed E-state index contributed by atoms with van der Waals surface area (Å²) in [7, 11) is 0. The maximum Gasteiger partial charge on any atom is 0.256 e. The largest absolute Gasteiger partial charge is 0.506 e. The lowest BCUT2D eigenvalue weighted by atomic mass is 10.1. The van der Waals surface area contributed by atoms with Gasteiger partial charge in [-0.05, 0) is 52.7 Å². The van der Waals surface area contributed by atoms with Gasteiger partial charge in [0, 0.05) is 9.50 Å². The average molecular weight is 341 g/mol. The Morgan fingerprint density at radius 2 is 2.05 bits per heavy atom. The molecule has 0 bridgehead atoms. The molecule has 0 heterocycles. The molecule has 0 saturated heterocycles. The standard InChI is InChI=1S/C14H11BrClNO2/c1-8-3-2-4-12(18)13(8)17-14(19)10-7-9(16)5-6-11(10)15/h2-7,18H,1H3,(H,17,19). The molecular formula is C14H11BrClNO2. The number of aryl methyl sites for hydroxylation is 1. The lowest BCUT2D eigenvalue weighted by Gasteiger charge is -2.11. The molecule has 2 aromatic rings. The van der Waals surface area contributed by atoms with E-state index in [0.29, 0.717) is 20.7 Å². The molecule has 0 fully saturated rings. The van der Waals surface area contributed by atoms with Crippen molar-refractivity contribution in [2.75, 3.05) is 5.32 Å². The van der Waals surface area contributed by atoms with Gasteiger partial charge in [0.15, 0.2) is 0 Å². The van der Waals surface area contributed by atoms with Crippen LogP contribution in [-0.2, 0) is 0 Å². The van der Waals surface area contributed by atoms with Gasteiger partial charge in [0.1, 0.15) is 5.75 Å². The molecule has 5 heteroatoms. The molecule has 2 aromatic carbocycles. The van der Waals surface area contributed by atoms with E-state index in [9.17, 15) is 9.90 Å². The predicted molar refractivity (Wildman–Crippen MR) is 79.9 cm³/mol. The van der Waals surface area contributed by atoms with Crippen molar-refractivity contribution in [1.29, 1.82) is 0 Å². The van der Waals surface area contributed by atoms with Gasteiger partial charge < -0.3 is 10.4 Å². The first-order valence-corrected chi connectivity index (χ1v) is 6.71. The highest BCUT2D eigenvalue weighted by molar-refractivity contribution is 9.10. The van der Waals surface area contributed by atoms with Crippen molar-refractivity contribution in [3.8, 4) is 5.75 Å². The molecule has 1 amide bonds.